The Morgan fingerprint density at radius 2 is 2.50 bits per heavy atom. The summed E-state index contributed by atoms with van der Waals surface area (Å²) in [6.45, 7) is 6.52. The van der Waals surface area contributed by atoms with E-state index in [0.717, 1.165) is 26.2 Å². The fourth-order valence-electron chi connectivity index (χ4n) is 1.34. The molecule has 0 aromatic heterocycles. The second-order valence-corrected chi connectivity index (χ2v) is 3.06. The van der Waals surface area contributed by atoms with Gasteiger partial charge in [0.05, 0.1) is 12.7 Å². The number of ether oxygens (including phenoxy) is 1. The van der Waals surface area contributed by atoms with Crippen LogP contribution in [0.2, 0.25) is 0 Å². The van der Waals surface area contributed by atoms with Gasteiger partial charge in [-0.05, 0) is 6.92 Å². The predicted octanol–water partition coefficient (Wildman–Crippen LogP) is 0.222. The summed E-state index contributed by atoms with van der Waals surface area (Å²) < 4.78 is 5.45. The first-order valence-corrected chi connectivity index (χ1v) is 4.52. The van der Waals surface area contributed by atoms with Gasteiger partial charge in [0.2, 0.25) is 0 Å². The fourth-order valence-corrected chi connectivity index (χ4v) is 1.34. The predicted molar refractivity (Wildman–Crippen MR) is 50.0 cm³/mol. The lowest BCUT2D eigenvalue weighted by atomic mass is 10.2. The summed E-state index contributed by atoms with van der Waals surface area (Å²) in [5.41, 5.74) is 5.52. The lowest BCUT2D eigenvalue weighted by molar-refractivity contribution is -0.0190. The molecule has 70 valence electrons. The van der Waals surface area contributed by atoms with Gasteiger partial charge in [-0.15, -0.1) is 0 Å². The number of rotatable bonds is 3. The van der Waals surface area contributed by atoms with Crippen LogP contribution in [0.1, 0.15) is 6.92 Å². The molecule has 1 fully saturated rings. The average Bonchev–Trinajstić information content (AvgIpc) is 2.15. The normalized spacial score (nSPS) is 26.7. The van der Waals surface area contributed by atoms with Crippen LogP contribution in [0.5, 0.6) is 0 Å². The SMILES string of the molecule is C/C=C/CN1CCOC(CN)C1. The first kappa shape index (κ1) is 9.71. The van der Waals surface area contributed by atoms with Crippen molar-refractivity contribution in [3.8, 4) is 0 Å². The smallest absolute Gasteiger partial charge is 0.0824 e. The van der Waals surface area contributed by atoms with E-state index >= 15 is 0 Å². The van der Waals surface area contributed by atoms with Crippen molar-refractivity contribution in [3.05, 3.63) is 12.2 Å². The molecule has 1 saturated heterocycles. The third kappa shape index (κ3) is 2.93. The maximum Gasteiger partial charge on any atom is 0.0824 e. The zero-order valence-corrected chi connectivity index (χ0v) is 7.70. The number of nitrogens with zero attached hydrogens (tertiary/aromatic N) is 1. The maximum atomic E-state index is 5.52. The highest BCUT2D eigenvalue weighted by Gasteiger charge is 2.17. The first-order chi connectivity index (χ1) is 5.86. The minimum atomic E-state index is 0.240. The molecule has 0 saturated carbocycles. The second-order valence-electron chi connectivity index (χ2n) is 3.06. The van der Waals surface area contributed by atoms with Crippen molar-refractivity contribution in [3.63, 3.8) is 0 Å². The van der Waals surface area contributed by atoms with E-state index in [0.29, 0.717) is 6.54 Å². The van der Waals surface area contributed by atoms with E-state index in [1.54, 1.807) is 0 Å². The van der Waals surface area contributed by atoms with Gasteiger partial charge < -0.3 is 10.5 Å². The van der Waals surface area contributed by atoms with E-state index in [1.807, 2.05) is 6.92 Å². The van der Waals surface area contributed by atoms with Crippen LogP contribution < -0.4 is 5.73 Å². The number of allylic oxidation sites excluding steroid dienone is 1. The van der Waals surface area contributed by atoms with Crippen molar-refractivity contribution in [1.82, 2.24) is 4.90 Å². The van der Waals surface area contributed by atoms with Crippen LogP contribution in [-0.4, -0.2) is 43.8 Å². The quantitative estimate of drug-likeness (QED) is 0.616. The molecule has 1 atom stereocenters. The maximum absolute atomic E-state index is 5.52. The van der Waals surface area contributed by atoms with E-state index in [1.165, 1.54) is 0 Å². The van der Waals surface area contributed by atoms with Crippen LogP contribution in [0.4, 0.5) is 0 Å². The van der Waals surface area contributed by atoms with Crippen molar-refractivity contribution in [2.75, 3.05) is 32.8 Å². The third-order valence-electron chi connectivity index (χ3n) is 2.09. The van der Waals surface area contributed by atoms with Gasteiger partial charge in [-0.1, -0.05) is 12.2 Å². The molecule has 0 spiro atoms. The highest BCUT2D eigenvalue weighted by Crippen LogP contribution is 2.03. The molecule has 0 aromatic rings. The van der Waals surface area contributed by atoms with Crippen LogP contribution in [0.15, 0.2) is 12.2 Å². The van der Waals surface area contributed by atoms with E-state index in [4.69, 9.17) is 10.5 Å². The molecule has 3 heteroatoms. The molecule has 12 heavy (non-hydrogen) atoms. The number of morpholine rings is 1. The Kier molecular flexibility index (Phi) is 4.29. The van der Waals surface area contributed by atoms with Gasteiger partial charge in [-0.25, -0.2) is 0 Å². The molecule has 1 rings (SSSR count). The van der Waals surface area contributed by atoms with E-state index in [-0.39, 0.29) is 6.10 Å². The van der Waals surface area contributed by atoms with Crippen LogP contribution in [-0.2, 0) is 4.74 Å². The fraction of sp³-hybridized carbons (Fsp3) is 0.778. The van der Waals surface area contributed by atoms with Gasteiger partial charge in [0.25, 0.3) is 0 Å². The zero-order chi connectivity index (χ0) is 8.81. The van der Waals surface area contributed by atoms with Crippen LogP contribution in [0.3, 0.4) is 0 Å². The summed E-state index contributed by atoms with van der Waals surface area (Å²) >= 11 is 0. The average molecular weight is 170 g/mol. The Morgan fingerprint density at radius 3 is 3.17 bits per heavy atom. The molecule has 2 N–H and O–H groups in total. The number of hydrogen-bond acceptors (Lipinski definition) is 3. The number of hydrogen-bond donors (Lipinski definition) is 1. The van der Waals surface area contributed by atoms with Crippen molar-refractivity contribution in [2.45, 2.75) is 13.0 Å². The Balaban J connectivity index is 2.25. The monoisotopic (exact) mass is 170 g/mol. The standard InChI is InChI=1S/C9H18N2O/c1-2-3-4-11-5-6-12-9(7-10)8-11/h2-3,9H,4-8,10H2,1H3/b3-2+. The molecule has 0 aromatic carbocycles. The third-order valence-corrected chi connectivity index (χ3v) is 2.09. The molecular formula is C9H18N2O. The number of nitrogens with two attached hydrogens (primary N) is 1. The van der Waals surface area contributed by atoms with Gasteiger partial charge in [-0.2, -0.15) is 0 Å². The molecule has 0 amide bonds. The van der Waals surface area contributed by atoms with Crippen LogP contribution in [0, 0.1) is 0 Å². The van der Waals surface area contributed by atoms with Crippen molar-refractivity contribution >= 4 is 0 Å². The Hall–Kier alpha value is -0.380. The summed E-state index contributed by atoms with van der Waals surface area (Å²) in [4.78, 5) is 2.36. The second kappa shape index (κ2) is 5.30. The molecule has 3 nitrogen and oxygen atoms in total. The highest BCUT2D eigenvalue weighted by atomic mass is 16.5. The first-order valence-electron chi connectivity index (χ1n) is 4.52. The van der Waals surface area contributed by atoms with E-state index < -0.39 is 0 Å². The molecular weight excluding hydrogens is 152 g/mol. The van der Waals surface area contributed by atoms with Gasteiger partial charge in [0, 0.05) is 26.2 Å². The lowest BCUT2D eigenvalue weighted by Crippen LogP contribution is -2.45. The minimum Gasteiger partial charge on any atom is -0.374 e. The summed E-state index contributed by atoms with van der Waals surface area (Å²) in [7, 11) is 0. The Labute approximate surface area is 74.2 Å². The van der Waals surface area contributed by atoms with Gasteiger partial charge in [0.1, 0.15) is 0 Å². The summed E-state index contributed by atoms with van der Waals surface area (Å²) in [6.07, 6.45) is 4.48. The minimum absolute atomic E-state index is 0.240. The lowest BCUT2D eigenvalue weighted by Gasteiger charge is -2.31. The molecule has 1 unspecified atom stereocenters. The molecule has 0 aliphatic carbocycles. The van der Waals surface area contributed by atoms with Gasteiger partial charge in [-0.3, -0.25) is 4.90 Å². The topological polar surface area (TPSA) is 38.5 Å². The van der Waals surface area contributed by atoms with E-state index in [9.17, 15) is 0 Å². The molecule has 1 aliphatic rings. The largest absolute Gasteiger partial charge is 0.374 e. The molecule has 0 bridgehead atoms. The Bertz CT molecular complexity index is 147. The van der Waals surface area contributed by atoms with Crippen molar-refractivity contribution < 1.29 is 4.74 Å². The summed E-state index contributed by atoms with van der Waals surface area (Å²) in [6, 6.07) is 0. The molecule has 0 radical (unpaired) electrons. The van der Waals surface area contributed by atoms with Crippen LogP contribution in [0.25, 0.3) is 0 Å². The Morgan fingerprint density at radius 1 is 1.67 bits per heavy atom. The van der Waals surface area contributed by atoms with Crippen molar-refractivity contribution in [2.24, 2.45) is 5.73 Å². The highest BCUT2D eigenvalue weighted by molar-refractivity contribution is 4.83. The van der Waals surface area contributed by atoms with Crippen LogP contribution >= 0.6 is 0 Å². The summed E-state index contributed by atoms with van der Waals surface area (Å²) in [5.74, 6) is 0. The molecule has 1 heterocycles. The van der Waals surface area contributed by atoms with E-state index in [2.05, 4.69) is 17.1 Å². The van der Waals surface area contributed by atoms with Gasteiger partial charge in [0.15, 0.2) is 0 Å². The van der Waals surface area contributed by atoms with Gasteiger partial charge >= 0.3 is 0 Å². The zero-order valence-electron chi connectivity index (χ0n) is 7.70. The summed E-state index contributed by atoms with van der Waals surface area (Å²) in [5, 5.41) is 0. The molecule has 1 aliphatic heterocycles. The van der Waals surface area contributed by atoms with Crippen molar-refractivity contribution in [1.29, 1.82) is 0 Å².